The quantitative estimate of drug-likeness (QED) is 0.496. The number of aldehydes is 1. The average Bonchev–Trinajstić information content (AvgIpc) is 2.03. The Hall–Kier alpha value is -0.760. The highest BCUT2D eigenvalue weighted by Crippen LogP contribution is 2.17. The summed E-state index contributed by atoms with van der Waals surface area (Å²) < 4.78 is 0. The summed E-state index contributed by atoms with van der Waals surface area (Å²) in [4.78, 5) is 11.6. The number of hydrogen-bond donors (Lipinski definition) is 0. The molecule has 0 fully saturated rings. The fourth-order valence-corrected chi connectivity index (χ4v) is 1.52. The molecule has 0 radical (unpaired) electrons. The molecule has 0 saturated carbocycles. The molecule has 1 nitrogen and oxygen atoms in total. The van der Waals surface area contributed by atoms with Crippen LogP contribution in [0.15, 0.2) is 23.1 Å². The summed E-state index contributed by atoms with van der Waals surface area (Å²) in [5.74, 6) is 0. The summed E-state index contributed by atoms with van der Waals surface area (Å²) in [6, 6.07) is 5.84. The normalized spacial score (nSPS) is 9.64. The third kappa shape index (κ3) is 2.09. The van der Waals surface area contributed by atoms with Gasteiger partial charge in [0.15, 0.2) is 0 Å². The predicted molar refractivity (Wildman–Crippen MR) is 48.3 cm³/mol. The van der Waals surface area contributed by atoms with E-state index in [4.69, 9.17) is 0 Å². The standard InChI is InChI=1S/C9H10OS/c1-7-3-8(6-10)5-9(4-7)11-2/h3-6H,1-2H3. The minimum Gasteiger partial charge on any atom is -0.298 e. The van der Waals surface area contributed by atoms with Crippen molar-refractivity contribution >= 4 is 18.0 Å². The number of rotatable bonds is 2. The second-order valence-corrected chi connectivity index (χ2v) is 3.28. The van der Waals surface area contributed by atoms with Crippen molar-refractivity contribution in [2.45, 2.75) is 11.8 Å². The molecule has 0 amide bonds. The molecule has 0 aliphatic carbocycles. The van der Waals surface area contributed by atoms with Crippen LogP contribution in [0.4, 0.5) is 0 Å². The van der Waals surface area contributed by atoms with Gasteiger partial charge in [0.2, 0.25) is 0 Å². The molecule has 0 saturated heterocycles. The van der Waals surface area contributed by atoms with Crippen LogP contribution in [0.3, 0.4) is 0 Å². The summed E-state index contributed by atoms with van der Waals surface area (Å²) in [6.45, 7) is 1.99. The first-order valence-electron chi connectivity index (χ1n) is 3.37. The van der Waals surface area contributed by atoms with Gasteiger partial charge in [0, 0.05) is 10.5 Å². The summed E-state index contributed by atoms with van der Waals surface area (Å²) >= 11 is 1.65. The molecule has 0 aliphatic heterocycles. The minimum atomic E-state index is 0.759. The van der Waals surface area contributed by atoms with Crippen molar-refractivity contribution in [2.24, 2.45) is 0 Å². The van der Waals surface area contributed by atoms with Crippen LogP contribution in [0.25, 0.3) is 0 Å². The Kier molecular flexibility index (Phi) is 2.71. The van der Waals surface area contributed by atoms with Gasteiger partial charge in [-0.05, 0) is 36.9 Å². The van der Waals surface area contributed by atoms with Crippen LogP contribution in [0.2, 0.25) is 0 Å². The zero-order valence-electron chi connectivity index (χ0n) is 6.63. The van der Waals surface area contributed by atoms with E-state index in [0.29, 0.717) is 0 Å². The van der Waals surface area contributed by atoms with Gasteiger partial charge in [-0.3, -0.25) is 4.79 Å². The van der Waals surface area contributed by atoms with E-state index in [0.717, 1.165) is 22.3 Å². The Morgan fingerprint density at radius 2 is 2.09 bits per heavy atom. The molecule has 0 bridgehead atoms. The van der Waals surface area contributed by atoms with E-state index in [1.807, 2.05) is 25.3 Å². The average molecular weight is 166 g/mol. The predicted octanol–water partition coefficient (Wildman–Crippen LogP) is 2.53. The van der Waals surface area contributed by atoms with Crippen molar-refractivity contribution in [2.75, 3.05) is 6.26 Å². The Balaban J connectivity index is 3.11. The van der Waals surface area contributed by atoms with E-state index in [9.17, 15) is 4.79 Å². The third-order valence-electron chi connectivity index (χ3n) is 1.44. The molecule has 0 spiro atoms. The molecular weight excluding hydrogens is 156 g/mol. The number of aryl methyl sites for hydroxylation is 1. The Labute approximate surface area is 70.8 Å². The van der Waals surface area contributed by atoms with Crippen molar-refractivity contribution in [3.05, 3.63) is 29.3 Å². The summed E-state index contributed by atoms with van der Waals surface area (Å²) in [5, 5.41) is 0. The molecule has 1 aromatic rings. The van der Waals surface area contributed by atoms with Crippen LogP contribution in [0, 0.1) is 6.92 Å². The zero-order valence-corrected chi connectivity index (χ0v) is 7.44. The number of carbonyl (C=O) groups excluding carboxylic acids is 1. The number of carbonyl (C=O) groups is 1. The molecule has 0 heterocycles. The maximum absolute atomic E-state index is 10.4. The highest BCUT2D eigenvalue weighted by atomic mass is 32.2. The molecule has 0 aromatic heterocycles. The molecule has 2 heteroatoms. The fourth-order valence-electron chi connectivity index (χ4n) is 0.962. The molecule has 1 aromatic carbocycles. The van der Waals surface area contributed by atoms with E-state index in [2.05, 4.69) is 6.07 Å². The first-order chi connectivity index (χ1) is 5.26. The molecule has 0 N–H and O–H groups in total. The highest BCUT2D eigenvalue weighted by Gasteiger charge is 1.95. The molecule has 0 atom stereocenters. The van der Waals surface area contributed by atoms with Gasteiger partial charge in [0.1, 0.15) is 6.29 Å². The van der Waals surface area contributed by atoms with Crippen LogP contribution in [-0.4, -0.2) is 12.5 Å². The van der Waals surface area contributed by atoms with Crippen molar-refractivity contribution < 1.29 is 4.79 Å². The Bertz CT molecular complexity index is 268. The van der Waals surface area contributed by atoms with Crippen LogP contribution in [0.1, 0.15) is 15.9 Å². The SMILES string of the molecule is CSc1cc(C)cc(C=O)c1. The van der Waals surface area contributed by atoms with Crippen LogP contribution in [-0.2, 0) is 0 Å². The summed E-state index contributed by atoms with van der Waals surface area (Å²) in [7, 11) is 0. The van der Waals surface area contributed by atoms with Crippen LogP contribution >= 0.6 is 11.8 Å². The number of benzene rings is 1. The topological polar surface area (TPSA) is 17.1 Å². The fraction of sp³-hybridized carbons (Fsp3) is 0.222. The lowest BCUT2D eigenvalue weighted by atomic mass is 10.2. The van der Waals surface area contributed by atoms with Gasteiger partial charge in [0.25, 0.3) is 0 Å². The monoisotopic (exact) mass is 166 g/mol. The van der Waals surface area contributed by atoms with Gasteiger partial charge in [0.05, 0.1) is 0 Å². The molecule has 0 aliphatic rings. The van der Waals surface area contributed by atoms with Gasteiger partial charge in [-0.15, -0.1) is 11.8 Å². The van der Waals surface area contributed by atoms with Crippen molar-refractivity contribution in [3.8, 4) is 0 Å². The zero-order chi connectivity index (χ0) is 8.27. The second-order valence-electron chi connectivity index (χ2n) is 2.40. The van der Waals surface area contributed by atoms with E-state index in [-0.39, 0.29) is 0 Å². The van der Waals surface area contributed by atoms with Crippen molar-refractivity contribution in [3.63, 3.8) is 0 Å². The van der Waals surface area contributed by atoms with E-state index < -0.39 is 0 Å². The van der Waals surface area contributed by atoms with Crippen LogP contribution in [0.5, 0.6) is 0 Å². The Morgan fingerprint density at radius 3 is 2.64 bits per heavy atom. The van der Waals surface area contributed by atoms with Crippen LogP contribution < -0.4 is 0 Å². The first kappa shape index (κ1) is 8.34. The van der Waals surface area contributed by atoms with Gasteiger partial charge < -0.3 is 0 Å². The summed E-state index contributed by atoms with van der Waals surface area (Å²) in [5.41, 5.74) is 1.90. The largest absolute Gasteiger partial charge is 0.298 e. The lowest BCUT2D eigenvalue weighted by Crippen LogP contribution is -1.82. The molecule has 11 heavy (non-hydrogen) atoms. The maximum atomic E-state index is 10.4. The van der Waals surface area contributed by atoms with Gasteiger partial charge >= 0.3 is 0 Å². The third-order valence-corrected chi connectivity index (χ3v) is 2.15. The van der Waals surface area contributed by atoms with Gasteiger partial charge in [-0.2, -0.15) is 0 Å². The van der Waals surface area contributed by atoms with E-state index in [1.54, 1.807) is 11.8 Å². The van der Waals surface area contributed by atoms with Crippen molar-refractivity contribution in [1.29, 1.82) is 0 Å². The van der Waals surface area contributed by atoms with Gasteiger partial charge in [-0.1, -0.05) is 0 Å². The molecule has 58 valence electrons. The lowest BCUT2D eigenvalue weighted by Gasteiger charge is -1.99. The molecule has 0 unspecified atom stereocenters. The molecule has 1 rings (SSSR count). The van der Waals surface area contributed by atoms with Gasteiger partial charge in [-0.25, -0.2) is 0 Å². The first-order valence-corrected chi connectivity index (χ1v) is 4.59. The minimum absolute atomic E-state index is 0.759. The molecular formula is C9H10OS. The van der Waals surface area contributed by atoms with E-state index >= 15 is 0 Å². The second kappa shape index (κ2) is 3.58. The maximum Gasteiger partial charge on any atom is 0.150 e. The Morgan fingerprint density at radius 1 is 1.36 bits per heavy atom. The smallest absolute Gasteiger partial charge is 0.150 e. The number of thioether (sulfide) groups is 1. The summed E-state index contributed by atoms with van der Waals surface area (Å²) in [6.07, 6.45) is 2.88. The van der Waals surface area contributed by atoms with E-state index in [1.165, 1.54) is 0 Å². The van der Waals surface area contributed by atoms with Crippen molar-refractivity contribution in [1.82, 2.24) is 0 Å². The number of hydrogen-bond acceptors (Lipinski definition) is 2. The lowest BCUT2D eigenvalue weighted by molar-refractivity contribution is 0.112. The highest BCUT2D eigenvalue weighted by molar-refractivity contribution is 7.98.